The minimum Gasteiger partial charge on any atom is -0.384 e. The number of hydrogen-bond donors (Lipinski definition) is 2. The van der Waals surface area contributed by atoms with Crippen molar-refractivity contribution in [2.45, 2.75) is 6.10 Å². The van der Waals surface area contributed by atoms with E-state index in [0.29, 0.717) is 5.76 Å². The monoisotopic (exact) mass is 178 g/mol. The van der Waals surface area contributed by atoms with E-state index >= 15 is 0 Å². The summed E-state index contributed by atoms with van der Waals surface area (Å²) < 4.78 is 4.99. The first-order valence-electron chi connectivity index (χ1n) is 4.05. The molecule has 1 aromatic heterocycles. The molecule has 0 fully saturated rings. The first kappa shape index (κ1) is 8.22. The number of aliphatic hydroxyl groups is 1. The zero-order valence-electron chi connectivity index (χ0n) is 6.97. The Morgan fingerprint density at radius 2 is 2.23 bits per heavy atom. The van der Waals surface area contributed by atoms with Crippen molar-refractivity contribution in [3.63, 3.8) is 0 Å². The van der Waals surface area contributed by atoms with Gasteiger partial charge in [-0.2, -0.15) is 0 Å². The molecule has 1 heterocycles. The van der Waals surface area contributed by atoms with Crippen LogP contribution in [-0.2, 0) is 0 Å². The summed E-state index contributed by atoms with van der Waals surface area (Å²) in [6.45, 7) is 0.138. The van der Waals surface area contributed by atoms with Crippen molar-refractivity contribution in [3.05, 3.63) is 30.0 Å². The normalized spacial score (nSPS) is 13.4. The van der Waals surface area contributed by atoms with Gasteiger partial charge in [-0.3, -0.25) is 0 Å². The first-order chi connectivity index (χ1) is 6.33. The van der Waals surface area contributed by atoms with E-state index < -0.39 is 6.10 Å². The second kappa shape index (κ2) is 3.16. The molecule has 0 aliphatic heterocycles. The summed E-state index contributed by atoms with van der Waals surface area (Å²) in [5, 5.41) is 14.1. The average Bonchev–Trinajstić information content (AvgIpc) is 2.60. The Bertz CT molecular complexity index is 411. The fourth-order valence-corrected chi connectivity index (χ4v) is 1.26. The standard InChI is InChI=1S/C9H10N2O2/c10-5-8(12)9-6-3-1-2-4-7(6)11-13-9/h1-4,8,12H,5,10H2. The third-order valence-corrected chi connectivity index (χ3v) is 1.94. The van der Waals surface area contributed by atoms with Gasteiger partial charge in [0.05, 0.1) is 0 Å². The molecule has 0 amide bonds. The Morgan fingerprint density at radius 3 is 3.00 bits per heavy atom. The third-order valence-electron chi connectivity index (χ3n) is 1.94. The zero-order chi connectivity index (χ0) is 9.26. The predicted octanol–water partition coefficient (Wildman–Crippen LogP) is 0.820. The number of nitrogens with zero attached hydrogens (tertiary/aromatic N) is 1. The van der Waals surface area contributed by atoms with Gasteiger partial charge in [-0.25, -0.2) is 0 Å². The van der Waals surface area contributed by atoms with Crippen molar-refractivity contribution < 1.29 is 9.63 Å². The molecule has 4 heteroatoms. The lowest BCUT2D eigenvalue weighted by Crippen LogP contribution is -2.10. The molecule has 1 atom stereocenters. The minimum atomic E-state index is -0.771. The summed E-state index contributed by atoms with van der Waals surface area (Å²) in [6.07, 6.45) is -0.771. The van der Waals surface area contributed by atoms with Crippen molar-refractivity contribution in [1.82, 2.24) is 5.16 Å². The summed E-state index contributed by atoms with van der Waals surface area (Å²) >= 11 is 0. The van der Waals surface area contributed by atoms with Crippen LogP contribution in [0.1, 0.15) is 11.9 Å². The molecule has 0 aliphatic carbocycles. The third kappa shape index (κ3) is 1.30. The lowest BCUT2D eigenvalue weighted by Gasteiger charge is -2.01. The molecule has 2 aromatic rings. The number of nitrogens with two attached hydrogens (primary N) is 1. The minimum absolute atomic E-state index is 0.138. The van der Waals surface area contributed by atoms with Crippen LogP contribution in [0.5, 0.6) is 0 Å². The molecule has 3 N–H and O–H groups in total. The number of hydrogen-bond acceptors (Lipinski definition) is 4. The van der Waals surface area contributed by atoms with Crippen LogP contribution in [0.2, 0.25) is 0 Å². The van der Waals surface area contributed by atoms with E-state index in [-0.39, 0.29) is 6.54 Å². The maximum absolute atomic E-state index is 9.46. The summed E-state index contributed by atoms with van der Waals surface area (Å²) in [5.74, 6) is 0.443. The van der Waals surface area contributed by atoms with E-state index in [1.807, 2.05) is 24.3 Å². The van der Waals surface area contributed by atoms with E-state index in [1.54, 1.807) is 0 Å². The highest BCUT2D eigenvalue weighted by atomic mass is 16.5. The van der Waals surface area contributed by atoms with Crippen LogP contribution < -0.4 is 5.73 Å². The summed E-state index contributed by atoms with van der Waals surface area (Å²) in [5.41, 5.74) is 6.06. The van der Waals surface area contributed by atoms with Crippen LogP contribution in [0.25, 0.3) is 10.9 Å². The van der Waals surface area contributed by atoms with Gasteiger partial charge in [0.1, 0.15) is 11.6 Å². The molecule has 0 spiro atoms. The van der Waals surface area contributed by atoms with Gasteiger partial charge >= 0.3 is 0 Å². The quantitative estimate of drug-likeness (QED) is 0.714. The molecular weight excluding hydrogens is 168 g/mol. The fraction of sp³-hybridized carbons (Fsp3) is 0.222. The predicted molar refractivity (Wildman–Crippen MR) is 48.0 cm³/mol. The van der Waals surface area contributed by atoms with E-state index in [4.69, 9.17) is 10.3 Å². The SMILES string of the molecule is NCC(O)c1onc2ccccc12. The number of fused-ring (bicyclic) bond motifs is 1. The van der Waals surface area contributed by atoms with Crippen LogP contribution in [0.4, 0.5) is 0 Å². The molecule has 2 rings (SSSR count). The number of rotatable bonds is 2. The summed E-state index contributed by atoms with van der Waals surface area (Å²) in [6, 6.07) is 7.40. The van der Waals surface area contributed by atoms with Crippen molar-refractivity contribution in [3.8, 4) is 0 Å². The Hall–Kier alpha value is -1.39. The lowest BCUT2D eigenvalue weighted by molar-refractivity contribution is 0.149. The highest BCUT2D eigenvalue weighted by Gasteiger charge is 2.14. The number of aromatic nitrogens is 1. The van der Waals surface area contributed by atoms with Gasteiger partial charge in [-0.1, -0.05) is 17.3 Å². The van der Waals surface area contributed by atoms with Crippen molar-refractivity contribution in [2.75, 3.05) is 6.54 Å². The molecule has 4 nitrogen and oxygen atoms in total. The Kier molecular flexibility index (Phi) is 2.00. The molecular formula is C9H10N2O2. The van der Waals surface area contributed by atoms with Gasteiger partial charge in [0, 0.05) is 11.9 Å². The lowest BCUT2D eigenvalue weighted by atomic mass is 10.1. The van der Waals surface area contributed by atoms with Gasteiger partial charge in [0.25, 0.3) is 0 Å². The van der Waals surface area contributed by atoms with Crippen LogP contribution >= 0.6 is 0 Å². The van der Waals surface area contributed by atoms with Crippen LogP contribution in [0.15, 0.2) is 28.8 Å². The van der Waals surface area contributed by atoms with Crippen LogP contribution in [0.3, 0.4) is 0 Å². The van der Waals surface area contributed by atoms with Gasteiger partial charge in [0.15, 0.2) is 5.76 Å². The molecule has 1 unspecified atom stereocenters. The van der Waals surface area contributed by atoms with Gasteiger partial charge in [-0.15, -0.1) is 0 Å². The topological polar surface area (TPSA) is 72.3 Å². The maximum atomic E-state index is 9.46. The number of aliphatic hydroxyl groups excluding tert-OH is 1. The van der Waals surface area contributed by atoms with Crippen molar-refractivity contribution in [2.24, 2.45) is 5.73 Å². The average molecular weight is 178 g/mol. The van der Waals surface area contributed by atoms with E-state index in [9.17, 15) is 5.11 Å². The Labute approximate surface area is 74.9 Å². The molecule has 0 aliphatic rings. The molecule has 1 aromatic carbocycles. The number of benzene rings is 1. The zero-order valence-corrected chi connectivity index (χ0v) is 6.97. The molecule has 0 saturated carbocycles. The Morgan fingerprint density at radius 1 is 1.46 bits per heavy atom. The van der Waals surface area contributed by atoms with Gasteiger partial charge in [0.2, 0.25) is 0 Å². The Balaban J connectivity index is 2.57. The van der Waals surface area contributed by atoms with E-state index in [2.05, 4.69) is 5.16 Å². The highest BCUT2D eigenvalue weighted by Crippen LogP contribution is 2.22. The van der Waals surface area contributed by atoms with Gasteiger partial charge < -0.3 is 15.4 Å². The smallest absolute Gasteiger partial charge is 0.174 e. The summed E-state index contributed by atoms with van der Waals surface area (Å²) in [4.78, 5) is 0. The molecule has 0 saturated heterocycles. The maximum Gasteiger partial charge on any atom is 0.174 e. The van der Waals surface area contributed by atoms with Gasteiger partial charge in [-0.05, 0) is 12.1 Å². The van der Waals surface area contributed by atoms with E-state index in [1.165, 1.54) is 0 Å². The largest absolute Gasteiger partial charge is 0.384 e. The molecule has 0 bridgehead atoms. The molecule has 0 radical (unpaired) electrons. The van der Waals surface area contributed by atoms with Crippen LogP contribution in [0, 0.1) is 0 Å². The molecule has 13 heavy (non-hydrogen) atoms. The first-order valence-corrected chi connectivity index (χ1v) is 4.05. The summed E-state index contributed by atoms with van der Waals surface area (Å²) in [7, 11) is 0. The molecule has 68 valence electrons. The second-order valence-electron chi connectivity index (χ2n) is 2.82. The highest BCUT2D eigenvalue weighted by molar-refractivity contribution is 5.80. The van der Waals surface area contributed by atoms with Crippen molar-refractivity contribution in [1.29, 1.82) is 0 Å². The van der Waals surface area contributed by atoms with Crippen molar-refractivity contribution >= 4 is 10.9 Å². The van der Waals surface area contributed by atoms with Crippen LogP contribution in [-0.4, -0.2) is 16.8 Å². The van der Waals surface area contributed by atoms with E-state index in [0.717, 1.165) is 10.9 Å². The fourth-order valence-electron chi connectivity index (χ4n) is 1.26. The second-order valence-corrected chi connectivity index (χ2v) is 2.82.